The summed E-state index contributed by atoms with van der Waals surface area (Å²) in [5.74, 6) is -0.202. The SMILES string of the molecule is Cc1cccc(N2C[C@@H](C(=O)Oc3c(C)cccc3C)CC2=O)c1C. The number of rotatable bonds is 3. The first kappa shape index (κ1) is 17.2. The van der Waals surface area contributed by atoms with Crippen molar-refractivity contribution >= 4 is 17.6 Å². The predicted octanol–water partition coefficient (Wildman–Crippen LogP) is 3.88. The molecule has 0 radical (unpaired) electrons. The molecule has 2 aromatic carbocycles. The Kier molecular flexibility index (Phi) is 4.62. The van der Waals surface area contributed by atoms with E-state index in [-0.39, 0.29) is 18.3 Å². The third kappa shape index (κ3) is 3.29. The summed E-state index contributed by atoms with van der Waals surface area (Å²) in [4.78, 5) is 26.8. The Bertz CT molecular complexity index is 821. The second-order valence-electron chi connectivity index (χ2n) is 6.77. The zero-order chi connectivity index (χ0) is 18.1. The second kappa shape index (κ2) is 6.71. The van der Waals surface area contributed by atoms with E-state index in [4.69, 9.17) is 4.74 Å². The van der Waals surface area contributed by atoms with Crippen LogP contribution in [0.5, 0.6) is 5.75 Å². The van der Waals surface area contributed by atoms with E-state index in [9.17, 15) is 9.59 Å². The fourth-order valence-electron chi connectivity index (χ4n) is 3.27. The molecule has 1 saturated heterocycles. The highest BCUT2D eigenvalue weighted by Gasteiger charge is 2.37. The zero-order valence-corrected chi connectivity index (χ0v) is 15.1. The summed E-state index contributed by atoms with van der Waals surface area (Å²) in [6.45, 7) is 8.22. The van der Waals surface area contributed by atoms with Crippen LogP contribution in [0.15, 0.2) is 36.4 Å². The normalized spacial score (nSPS) is 17.0. The number of ether oxygens (including phenoxy) is 1. The van der Waals surface area contributed by atoms with Gasteiger partial charge >= 0.3 is 5.97 Å². The monoisotopic (exact) mass is 337 g/mol. The number of aryl methyl sites for hydroxylation is 3. The standard InChI is InChI=1S/C21H23NO3/c1-13-7-6-10-18(16(13)4)22-12-17(11-19(22)23)21(24)25-20-14(2)8-5-9-15(20)3/h5-10,17H,11-12H2,1-4H3/t17-/m0/s1. The Labute approximate surface area is 148 Å². The van der Waals surface area contributed by atoms with Gasteiger partial charge in [-0.15, -0.1) is 0 Å². The summed E-state index contributed by atoms with van der Waals surface area (Å²) in [5, 5.41) is 0. The van der Waals surface area contributed by atoms with Crippen molar-refractivity contribution < 1.29 is 14.3 Å². The highest BCUT2D eigenvalue weighted by atomic mass is 16.5. The van der Waals surface area contributed by atoms with Gasteiger partial charge in [-0.2, -0.15) is 0 Å². The number of hydrogen-bond donors (Lipinski definition) is 0. The largest absolute Gasteiger partial charge is 0.426 e. The average Bonchev–Trinajstić information content (AvgIpc) is 2.95. The highest BCUT2D eigenvalue weighted by molar-refractivity contribution is 6.00. The van der Waals surface area contributed by atoms with Gasteiger partial charge in [-0.05, 0) is 56.0 Å². The van der Waals surface area contributed by atoms with Gasteiger partial charge in [-0.3, -0.25) is 9.59 Å². The van der Waals surface area contributed by atoms with Crippen LogP contribution in [-0.4, -0.2) is 18.4 Å². The highest BCUT2D eigenvalue weighted by Crippen LogP contribution is 2.31. The number of carbonyl (C=O) groups is 2. The van der Waals surface area contributed by atoms with E-state index in [0.717, 1.165) is 27.9 Å². The maximum atomic E-state index is 12.6. The molecular weight excluding hydrogens is 314 g/mol. The molecule has 1 aliphatic rings. The smallest absolute Gasteiger partial charge is 0.316 e. The van der Waals surface area contributed by atoms with Crippen molar-refractivity contribution in [2.45, 2.75) is 34.1 Å². The third-order valence-corrected chi connectivity index (χ3v) is 4.94. The Balaban J connectivity index is 1.78. The van der Waals surface area contributed by atoms with E-state index < -0.39 is 5.92 Å². The molecule has 0 N–H and O–H groups in total. The summed E-state index contributed by atoms with van der Waals surface area (Å²) in [6, 6.07) is 11.7. The van der Waals surface area contributed by atoms with E-state index in [2.05, 4.69) is 0 Å². The molecule has 0 aliphatic carbocycles. The molecule has 4 nitrogen and oxygen atoms in total. The van der Waals surface area contributed by atoms with Crippen molar-refractivity contribution in [3.63, 3.8) is 0 Å². The van der Waals surface area contributed by atoms with Gasteiger partial charge in [0.1, 0.15) is 5.75 Å². The molecule has 0 unspecified atom stereocenters. The van der Waals surface area contributed by atoms with E-state index in [1.54, 1.807) is 4.90 Å². The molecule has 0 aromatic heterocycles. The molecule has 1 amide bonds. The third-order valence-electron chi connectivity index (χ3n) is 4.94. The van der Waals surface area contributed by atoms with Gasteiger partial charge in [-0.1, -0.05) is 30.3 Å². The fraction of sp³-hybridized carbons (Fsp3) is 0.333. The quantitative estimate of drug-likeness (QED) is 0.631. The van der Waals surface area contributed by atoms with Gasteiger partial charge in [0.25, 0.3) is 0 Å². The van der Waals surface area contributed by atoms with Crippen LogP contribution in [0.2, 0.25) is 0 Å². The number of hydrogen-bond acceptors (Lipinski definition) is 3. The number of para-hydroxylation sites is 1. The van der Waals surface area contributed by atoms with Crippen LogP contribution < -0.4 is 9.64 Å². The van der Waals surface area contributed by atoms with Gasteiger partial charge in [-0.25, -0.2) is 0 Å². The number of nitrogens with zero attached hydrogens (tertiary/aromatic N) is 1. The fourth-order valence-corrected chi connectivity index (χ4v) is 3.27. The molecule has 4 heteroatoms. The lowest BCUT2D eigenvalue weighted by molar-refractivity contribution is -0.139. The summed E-state index contributed by atoms with van der Waals surface area (Å²) >= 11 is 0. The van der Waals surface area contributed by atoms with Crippen LogP contribution in [0, 0.1) is 33.6 Å². The van der Waals surface area contributed by atoms with Crippen LogP contribution in [-0.2, 0) is 9.59 Å². The van der Waals surface area contributed by atoms with Crippen molar-refractivity contribution in [2.24, 2.45) is 5.92 Å². The van der Waals surface area contributed by atoms with Gasteiger partial charge in [0, 0.05) is 18.7 Å². The van der Waals surface area contributed by atoms with Crippen LogP contribution in [0.25, 0.3) is 0 Å². The van der Waals surface area contributed by atoms with Crippen molar-refractivity contribution in [3.05, 3.63) is 58.7 Å². The number of anilines is 1. The molecule has 1 atom stereocenters. The molecule has 3 rings (SSSR count). The maximum Gasteiger partial charge on any atom is 0.316 e. The lowest BCUT2D eigenvalue weighted by Gasteiger charge is -2.20. The van der Waals surface area contributed by atoms with Gasteiger partial charge < -0.3 is 9.64 Å². The van der Waals surface area contributed by atoms with E-state index in [1.807, 2.05) is 64.1 Å². The summed E-state index contributed by atoms with van der Waals surface area (Å²) in [7, 11) is 0. The molecule has 0 spiro atoms. The molecule has 0 saturated carbocycles. The lowest BCUT2D eigenvalue weighted by atomic mass is 10.1. The minimum atomic E-state index is -0.439. The first-order chi connectivity index (χ1) is 11.9. The number of esters is 1. The molecule has 1 heterocycles. The molecule has 25 heavy (non-hydrogen) atoms. The molecule has 1 fully saturated rings. The van der Waals surface area contributed by atoms with E-state index in [0.29, 0.717) is 12.3 Å². The van der Waals surface area contributed by atoms with Crippen molar-refractivity contribution in [1.82, 2.24) is 0 Å². The van der Waals surface area contributed by atoms with E-state index in [1.165, 1.54) is 0 Å². The molecule has 130 valence electrons. The molecule has 1 aliphatic heterocycles. The van der Waals surface area contributed by atoms with Crippen LogP contribution in [0.3, 0.4) is 0 Å². The molecular formula is C21H23NO3. The summed E-state index contributed by atoms with van der Waals surface area (Å²) in [5.41, 5.74) is 4.92. The summed E-state index contributed by atoms with van der Waals surface area (Å²) in [6.07, 6.45) is 0.192. The van der Waals surface area contributed by atoms with Gasteiger partial charge in [0.2, 0.25) is 5.91 Å². The Morgan fingerprint density at radius 3 is 2.28 bits per heavy atom. The van der Waals surface area contributed by atoms with Crippen LogP contribution in [0.1, 0.15) is 28.7 Å². The lowest BCUT2D eigenvalue weighted by Crippen LogP contribution is -2.28. The molecule has 0 bridgehead atoms. The number of benzene rings is 2. The minimum absolute atomic E-state index is 0.0304. The molecule has 2 aromatic rings. The Morgan fingerprint density at radius 2 is 1.60 bits per heavy atom. The average molecular weight is 337 g/mol. The minimum Gasteiger partial charge on any atom is -0.426 e. The topological polar surface area (TPSA) is 46.6 Å². The number of carbonyl (C=O) groups excluding carboxylic acids is 2. The van der Waals surface area contributed by atoms with Gasteiger partial charge in [0.15, 0.2) is 0 Å². The first-order valence-corrected chi connectivity index (χ1v) is 8.53. The van der Waals surface area contributed by atoms with Crippen molar-refractivity contribution in [3.8, 4) is 5.75 Å². The zero-order valence-electron chi connectivity index (χ0n) is 15.1. The first-order valence-electron chi connectivity index (χ1n) is 8.53. The second-order valence-corrected chi connectivity index (χ2v) is 6.77. The van der Waals surface area contributed by atoms with Crippen molar-refractivity contribution in [2.75, 3.05) is 11.4 Å². The maximum absolute atomic E-state index is 12.6. The van der Waals surface area contributed by atoms with Crippen molar-refractivity contribution in [1.29, 1.82) is 0 Å². The van der Waals surface area contributed by atoms with E-state index >= 15 is 0 Å². The number of amides is 1. The predicted molar refractivity (Wildman–Crippen MR) is 97.9 cm³/mol. The van der Waals surface area contributed by atoms with Crippen LogP contribution >= 0.6 is 0 Å². The summed E-state index contributed by atoms with van der Waals surface area (Å²) < 4.78 is 5.63. The Hall–Kier alpha value is -2.62. The van der Waals surface area contributed by atoms with Crippen LogP contribution in [0.4, 0.5) is 5.69 Å². The van der Waals surface area contributed by atoms with Gasteiger partial charge in [0.05, 0.1) is 5.92 Å². The Morgan fingerprint density at radius 1 is 1.00 bits per heavy atom.